The Hall–Kier alpha value is -5.27. The van der Waals surface area contributed by atoms with Crippen LogP contribution in [0.4, 0.5) is 11.5 Å². The molecule has 2 fully saturated rings. The third-order valence-corrected chi connectivity index (χ3v) is 7.81. The van der Waals surface area contributed by atoms with Gasteiger partial charge >= 0.3 is 11.9 Å². The number of carbonyl (C=O) groups excluding carboxylic acids is 2. The average Bonchev–Trinajstić information content (AvgIpc) is 3.29. The van der Waals surface area contributed by atoms with Gasteiger partial charge in [0.05, 0.1) is 45.3 Å². The number of esters is 2. The van der Waals surface area contributed by atoms with Crippen molar-refractivity contribution in [2.24, 2.45) is 5.16 Å². The summed E-state index contributed by atoms with van der Waals surface area (Å²) in [4.78, 5) is 41.4. The van der Waals surface area contributed by atoms with Gasteiger partial charge in [-0.15, -0.1) is 0 Å². The monoisotopic (exact) mass is 655 g/mol. The minimum Gasteiger partial charge on any atom is -0.493 e. The van der Waals surface area contributed by atoms with Crippen LogP contribution in [-0.4, -0.2) is 85.4 Å². The van der Waals surface area contributed by atoms with Crippen molar-refractivity contribution in [1.82, 2.24) is 14.9 Å². The maximum absolute atomic E-state index is 12.2. The van der Waals surface area contributed by atoms with Crippen molar-refractivity contribution in [3.05, 3.63) is 84.2 Å². The van der Waals surface area contributed by atoms with Crippen molar-refractivity contribution in [3.63, 3.8) is 0 Å². The van der Waals surface area contributed by atoms with Gasteiger partial charge in [-0.2, -0.15) is 0 Å². The van der Waals surface area contributed by atoms with Gasteiger partial charge < -0.3 is 33.8 Å². The maximum atomic E-state index is 12.2. The number of carbonyl (C=O) groups is 2. The van der Waals surface area contributed by atoms with E-state index in [1.165, 1.54) is 6.33 Å². The molecule has 2 aliphatic heterocycles. The molecule has 0 saturated carbocycles. The molecule has 0 radical (unpaired) electrons. The van der Waals surface area contributed by atoms with Crippen LogP contribution in [0.2, 0.25) is 0 Å². The Morgan fingerprint density at radius 3 is 2.44 bits per heavy atom. The predicted octanol–water partition coefficient (Wildman–Crippen LogP) is 4.61. The van der Waals surface area contributed by atoms with Crippen LogP contribution in [0.1, 0.15) is 30.4 Å². The van der Waals surface area contributed by atoms with Gasteiger partial charge in [-0.25, -0.2) is 9.97 Å². The fourth-order valence-corrected chi connectivity index (χ4v) is 5.27. The lowest BCUT2D eigenvalue weighted by Gasteiger charge is -2.26. The zero-order valence-electron chi connectivity index (χ0n) is 26.6. The second-order valence-corrected chi connectivity index (χ2v) is 11.1. The Morgan fingerprint density at radius 2 is 1.71 bits per heavy atom. The number of hydrogen-bond donors (Lipinski definition) is 1. The first-order valence-corrected chi connectivity index (χ1v) is 15.8. The Bertz CT molecular complexity index is 1710. The van der Waals surface area contributed by atoms with Crippen molar-refractivity contribution >= 4 is 40.1 Å². The van der Waals surface area contributed by atoms with E-state index < -0.39 is 18.2 Å². The standard InChI is InChI=1S/C35H37N5O8/c1-43-29-21-28-27(20-30(29)45-17-5-14-40-15-18-44-19-16-40)34(37-23-36-28)38-26-10-8-25(9-11-26)33(35-47-31(41)12-13-32(42)48-35)39-46-22-24-6-3-2-4-7-24/h2-4,6-11,20-21,23,35H,5,12-19,22H2,1H3,(H,36,37,38)/b39-33+. The number of benzene rings is 3. The van der Waals surface area contributed by atoms with E-state index in [1.54, 1.807) is 19.2 Å². The lowest BCUT2D eigenvalue weighted by molar-refractivity contribution is -0.168. The van der Waals surface area contributed by atoms with Crippen molar-refractivity contribution < 1.29 is 38.1 Å². The largest absolute Gasteiger partial charge is 0.493 e. The van der Waals surface area contributed by atoms with E-state index in [0.29, 0.717) is 40.7 Å². The summed E-state index contributed by atoms with van der Waals surface area (Å²) in [6.07, 6.45) is 0.846. The van der Waals surface area contributed by atoms with Crippen molar-refractivity contribution in [2.45, 2.75) is 32.2 Å². The summed E-state index contributed by atoms with van der Waals surface area (Å²) in [6.45, 7) is 5.03. The maximum Gasteiger partial charge on any atom is 0.309 e. The molecule has 48 heavy (non-hydrogen) atoms. The van der Waals surface area contributed by atoms with Gasteiger partial charge in [0.1, 0.15) is 18.8 Å². The smallest absolute Gasteiger partial charge is 0.309 e. The minimum absolute atomic E-state index is 0.0731. The Labute approximate surface area is 277 Å². The fourth-order valence-electron chi connectivity index (χ4n) is 5.27. The number of nitrogens with one attached hydrogen (secondary N) is 1. The molecule has 2 aliphatic rings. The zero-order chi connectivity index (χ0) is 33.1. The molecule has 4 aromatic rings. The molecule has 1 N–H and O–H groups in total. The number of oxime groups is 1. The average molecular weight is 656 g/mol. The molecule has 2 saturated heterocycles. The van der Waals surface area contributed by atoms with Gasteiger partial charge in [0, 0.05) is 42.3 Å². The van der Waals surface area contributed by atoms with E-state index >= 15 is 0 Å². The Kier molecular flexibility index (Phi) is 10.9. The first kappa shape index (κ1) is 32.7. The van der Waals surface area contributed by atoms with Crippen LogP contribution in [-0.2, 0) is 35.2 Å². The molecule has 3 aromatic carbocycles. The Balaban J connectivity index is 1.19. The zero-order valence-corrected chi connectivity index (χ0v) is 26.6. The topological polar surface area (TPSA) is 143 Å². The number of aromatic nitrogens is 2. The molecule has 0 unspecified atom stereocenters. The van der Waals surface area contributed by atoms with E-state index in [0.717, 1.165) is 50.2 Å². The van der Waals surface area contributed by atoms with Gasteiger partial charge in [0.15, 0.2) is 17.2 Å². The highest BCUT2D eigenvalue weighted by molar-refractivity contribution is 6.05. The van der Waals surface area contributed by atoms with Gasteiger partial charge in [-0.05, 0) is 30.2 Å². The molecule has 0 spiro atoms. The lowest BCUT2D eigenvalue weighted by atomic mass is 10.1. The number of hydrogen-bond acceptors (Lipinski definition) is 13. The van der Waals surface area contributed by atoms with Crippen molar-refractivity contribution in [3.8, 4) is 11.5 Å². The molecule has 1 aromatic heterocycles. The molecule has 3 heterocycles. The van der Waals surface area contributed by atoms with Crippen molar-refractivity contribution in [2.75, 3.05) is 51.9 Å². The van der Waals surface area contributed by atoms with Crippen LogP contribution in [0.15, 0.2) is 78.2 Å². The van der Waals surface area contributed by atoms with Crippen LogP contribution >= 0.6 is 0 Å². The molecule has 13 heteroatoms. The van der Waals surface area contributed by atoms with Crippen LogP contribution in [0.3, 0.4) is 0 Å². The third-order valence-electron chi connectivity index (χ3n) is 7.81. The van der Waals surface area contributed by atoms with Gasteiger partial charge in [0.2, 0.25) is 0 Å². The highest BCUT2D eigenvalue weighted by atomic mass is 16.7. The number of cyclic esters (lactones) is 2. The normalized spacial score (nSPS) is 16.1. The highest BCUT2D eigenvalue weighted by Gasteiger charge is 2.31. The first-order valence-electron chi connectivity index (χ1n) is 15.8. The summed E-state index contributed by atoms with van der Waals surface area (Å²) in [5.74, 6) is 0.633. The summed E-state index contributed by atoms with van der Waals surface area (Å²) in [6, 6.07) is 20.3. The van der Waals surface area contributed by atoms with Crippen LogP contribution in [0.25, 0.3) is 10.9 Å². The number of methoxy groups -OCH3 is 1. The van der Waals surface area contributed by atoms with E-state index in [1.807, 2.05) is 54.6 Å². The molecule has 0 amide bonds. The van der Waals surface area contributed by atoms with Crippen LogP contribution in [0, 0.1) is 0 Å². The molecule has 13 nitrogen and oxygen atoms in total. The molecule has 0 atom stereocenters. The summed E-state index contributed by atoms with van der Waals surface area (Å²) >= 11 is 0. The summed E-state index contributed by atoms with van der Waals surface area (Å²) in [5.41, 5.74) is 2.97. The highest BCUT2D eigenvalue weighted by Crippen LogP contribution is 2.35. The molecule has 0 aliphatic carbocycles. The van der Waals surface area contributed by atoms with Crippen LogP contribution < -0.4 is 14.8 Å². The summed E-state index contributed by atoms with van der Waals surface area (Å²) < 4.78 is 28.0. The fraction of sp³-hybridized carbons (Fsp3) is 0.343. The number of nitrogens with zero attached hydrogens (tertiary/aromatic N) is 4. The quantitative estimate of drug-likeness (QED) is 0.0930. The summed E-state index contributed by atoms with van der Waals surface area (Å²) in [7, 11) is 1.60. The van der Waals surface area contributed by atoms with Gasteiger partial charge in [-0.1, -0.05) is 47.6 Å². The molecule has 250 valence electrons. The second-order valence-electron chi connectivity index (χ2n) is 11.1. The van der Waals surface area contributed by atoms with Crippen molar-refractivity contribution in [1.29, 1.82) is 0 Å². The van der Waals surface area contributed by atoms with Gasteiger partial charge in [-0.3, -0.25) is 14.5 Å². The Morgan fingerprint density at radius 1 is 0.958 bits per heavy atom. The SMILES string of the molecule is COc1cc2ncnc(Nc3ccc(/C(=N\OCc4ccccc4)C4OC(=O)CCC(=O)O4)cc3)c2cc1OCCCN1CCOCC1. The first-order chi connectivity index (χ1) is 23.6. The minimum atomic E-state index is -1.35. The molecule has 6 rings (SSSR count). The van der Waals surface area contributed by atoms with Crippen LogP contribution in [0.5, 0.6) is 11.5 Å². The van der Waals surface area contributed by atoms with E-state index in [2.05, 4.69) is 25.3 Å². The molecular formula is C35H37N5O8. The van der Waals surface area contributed by atoms with E-state index in [9.17, 15) is 9.59 Å². The lowest BCUT2D eigenvalue weighted by Crippen LogP contribution is -2.37. The predicted molar refractivity (Wildman–Crippen MR) is 176 cm³/mol. The third kappa shape index (κ3) is 8.55. The van der Waals surface area contributed by atoms with E-state index in [-0.39, 0.29) is 25.2 Å². The molecule has 0 bridgehead atoms. The summed E-state index contributed by atoms with van der Waals surface area (Å²) in [5, 5.41) is 8.35. The number of fused-ring (bicyclic) bond motifs is 1. The number of anilines is 2. The van der Waals surface area contributed by atoms with E-state index in [4.69, 9.17) is 28.5 Å². The number of morpholine rings is 1. The van der Waals surface area contributed by atoms with Gasteiger partial charge in [0.25, 0.3) is 6.29 Å². The second kappa shape index (κ2) is 16.0. The number of ether oxygens (including phenoxy) is 5. The number of rotatable bonds is 13. The molecular weight excluding hydrogens is 618 g/mol.